The molecule has 3 heterocycles. The van der Waals surface area contributed by atoms with Crippen molar-refractivity contribution in [2.45, 2.75) is 49.9 Å². The number of aliphatic hydroxyl groups is 1. The number of likely N-dealkylation sites (tertiary alicyclic amines) is 1. The largest absolute Gasteiger partial charge is 0.381 e. The Labute approximate surface area is 242 Å². The molecule has 0 saturated carbocycles. The van der Waals surface area contributed by atoms with E-state index in [9.17, 15) is 19.5 Å². The Hall–Kier alpha value is -4.08. The molecule has 0 radical (unpaired) electrons. The number of fused-ring (bicyclic) bond motifs is 2. The van der Waals surface area contributed by atoms with Gasteiger partial charge >= 0.3 is 0 Å². The fraction of sp³-hybridized carbons (Fsp3) is 0.281. The lowest BCUT2D eigenvalue weighted by Gasteiger charge is -2.53. The summed E-state index contributed by atoms with van der Waals surface area (Å²) in [7, 11) is 0. The molecule has 1 unspecified atom stereocenters. The van der Waals surface area contributed by atoms with Crippen molar-refractivity contribution in [3.05, 3.63) is 107 Å². The molecule has 2 aliphatic rings. The summed E-state index contributed by atoms with van der Waals surface area (Å²) < 4.78 is 0. The number of nitrogens with one attached hydrogen (secondary N) is 2. The van der Waals surface area contributed by atoms with Crippen molar-refractivity contribution in [1.82, 2.24) is 20.1 Å². The van der Waals surface area contributed by atoms with Gasteiger partial charge in [0.25, 0.3) is 11.8 Å². The highest BCUT2D eigenvalue weighted by Crippen LogP contribution is 2.51. The minimum Gasteiger partial charge on any atom is -0.381 e. The SMILES string of the molecule is Cc1ccccc1CN1C(=O)[C@H]2N(C(=O)[C@@H](O)[C@H](Cc3ccccc3)NC(=O)c3cccc4[nH]ccc34)CSC21C. The van der Waals surface area contributed by atoms with Gasteiger partial charge in [0.2, 0.25) is 5.91 Å². The minimum atomic E-state index is -1.54. The quantitative estimate of drug-likeness (QED) is 0.280. The number of aromatic amines is 1. The Bertz CT molecular complexity index is 1620. The van der Waals surface area contributed by atoms with E-state index in [1.165, 1.54) is 16.7 Å². The van der Waals surface area contributed by atoms with Crippen molar-refractivity contribution in [2.24, 2.45) is 0 Å². The number of β-lactam (4-membered cyclic amide) rings is 1. The van der Waals surface area contributed by atoms with E-state index in [1.54, 1.807) is 18.3 Å². The zero-order chi connectivity index (χ0) is 28.7. The van der Waals surface area contributed by atoms with E-state index < -0.39 is 29.0 Å². The molecule has 0 bridgehead atoms. The number of rotatable bonds is 8. The predicted molar refractivity (Wildman–Crippen MR) is 159 cm³/mol. The molecule has 3 amide bonds. The Kier molecular flexibility index (Phi) is 7.09. The summed E-state index contributed by atoms with van der Waals surface area (Å²) >= 11 is 1.52. The molecule has 210 valence electrons. The summed E-state index contributed by atoms with van der Waals surface area (Å²) in [6.07, 6.45) is 0.478. The third kappa shape index (κ3) is 4.79. The Morgan fingerprint density at radius 2 is 1.83 bits per heavy atom. The average molecular weight is 569 g/mol. The lowest BCUT2D eigenvalue weighted by Crippen LogP contribution is -2.73. The van der Waals surface area contributed by atoms with E-state index >= 15 is 0 Å². The fourth-order valence-electron chi connectivity index (χ4n) is 5.90. The molecule has 41 heavy (non-hydrogen) atoms. The molecule has 2 fully saturated rings. The molecule has 8 nitrogen and oxygen atoms in total. The van der Waals surface area contributed by atoms with Gasteiger partial charge in [-0.2, -0.15) is 0 Å². The van der Waals surface area contributed by atoms with Crippen LogP contribution in [0, 0.1) is 6.92 Å². The number of thioether (sulfide) groups is 1. The highest BCUT2D eigenvalue weighted by molar-refractivity contribution is 8.01. The maximum Gasteiger partial charge on any atom is 0.255 e. The maximum atomic E-state index is 13.8. The maximum absolute atomic E-state index is 13.8. The van der Waals surface area contributed by atoms with Gasteiger partial charge in [-0.3, -0.25) is 14.4 Å². The van der Waals surface area contributed by atoms with Crippen LogP contribution < -0.4 is 5.32 Å². The average Bonchev–Trinajstić information content (AvgIpc) is 3.59. The third-order valence-corrected chi connectivity index (χ3v) is 9.75. The minimum absolute atomic E-state index is 0.135. The van der Waals surface area contributed by atoms with Crippen LogP contribution in [0.1, 0.15) is 34.0 Å². The van der Waals surface area contributed by atoms with Gasteiger partial charge in [0, 0.05) is 29.2 Å². The number of aryl methyl sites for hydroxylation is 1. The molecule has 4 aromatic rings. The van der Waals surface area contributed by atoms with E-state index in [4.69, 9.17) is 0 Å². The van der Waals surface area contributed by atoms with Gasteiger partial charge in [0.1, 0.15) is 10.9 Å². The van der Waals surface area contributed by atoms with Crippen molar-refractivity contribution in [3.63, 3.8) is 0 Å². The number of nitrogens with zero attached hydrogens (tertiary/aromatic N) is 2. The van der Waals surface area contributed by atoms with Gasteiger partial charge in [-0.05, 0) is 55.2 Å². The van der Waals surface area contributed by atoms with Crippen LogP contribution in [0.5, 0.6) is 0 Å². The molecule has 0 spiro atoms. The number of carbonyl (C=O) groups excluding carboxylic acids is 3. The Balaban J connectivity index is 1.22. The lowest BCUT2D eigenvalue weighted by molar-refractivity contribution is -0.168. The number of benzene rings is 3. The zero-order valence-electron chi connectivity index (χ0n) is 22.9. The molecule has 3 aromatic carbocycles. The van der Waals surface area contributed by atoms with Crippen LogP contribution in [0.2, 0.25) is 0 Å². The van der Waals surface area contributed by atoms with Gasteiger partial charge in [-0.15, -0.1) is 11.8 Å². The third-order valence-electron chi connectivity index (χ3n) is 8.31. The molecule has 6 rings (SSSR count). The first-order chi connectivity index (χ1) is 19.8. The molecule has 9 heteroatoms. The van der Waals surface area contributed by atoms with E-state index in [2.05, 4.69) is 10.3 Å². The number of hydrogen-bond acceptors (Lipinski definition) is 5. The summed E-state index contributed by atoms with van der Waals surface area (Å²) in [4.78, 5) is 46.4. The molecule has 1 aromatic heterocycles. The number of amides is 3. The van der Waals surface area contributed by atoms with E-state index in [0.29, 0.717) is 12.1 Å². The molecule has 3 N–H and O–H groups in total. The summed E-state index contributed by atoms with van der Waals surface area (Å²) in [5.74, 6) is -0.796. The fourth-order valence-corrected chi connectivity index (χ4v) is 7.27. The van der Waals surface area contributed by atoms with Crippen LogP contribution in [0.25, 0.3) is 10.9 Å². The first kappa shape index (κ1) is 27.1. The second-order valence-electron chi connectivity index (χ2n) is 10.8. The van der Waals surface area contributed by atoms with Crippen molar-refractivity contribution in [2.75, 3.05) is 5.88 Å². The molecule has 0 aliphatic carbocycles. The van der Waals surface area contributed by atoms with Gasteiger partial charge < -0.3 is 25.2 Å². The van der Waals surface area contributed by atoms with E-state index in [-0.39, 0.29) is 24.1 Å². The summed E-state index contributed by atoms with van der Waals surface area (Å²) in [5.41, 5.74) is 4.31. The normalized spacial score (nSPS) is 21.3. The van der Waals surface area contributed by atoms with E-state index in [0.717, 1.165) is 27.6 Å². The monoisotopic (exact) mass is 568 g/mol. The Morgan fingerprint density at radius 3 is 2.61 bits per heavy atom. The summed E-state index contributed by atoms with van der Waals surface area (Å²) in [6, 6.07) is 23.0. The second kappa shape index (κ2) is 10.7. The molecular weight excluding hydrogens is 536 g/mol. The van der Waals surface area contributed by atoms with Crippen molar-refractivity contribution >= 4 is 40.4 Å². The van der Waals surface area contributed by atoms with Crippen molar-refractivity contribution < 1.29 is 19.5 Å². The summed E-state index contributed by atoms with van der Waals surface area (Å²) in [6.45, 7) is 4.46. The first-order valence-corrected chi connectivity index (χ1v) is 14.7. The molecule has 2 aliphatic heterocycles. The smallest absolute Gasteiger partial charge is 0.255 e. The van der Waals surface area contributed by atoms with Crippen LogP contribution in [-0.4, -0.2) is 66.5 Å². The van der Waals surface area contributed by atoms with Crippen molar-refractivity contribution in [1.29, 1.82) is 0 Å². The number of aliphatic hydroxyl groups excluding tert-OH is 1. The van der Waals surface area contributed by atoms with Crippen LogP contribution in [0.4, 0.5) is 0 Å². The Morgan fingerprint density at radius 1 is 1.07 bits per heavy atom. The highest BCUT2D eigenvalue weighted by Gasteiger charge is 2.65. The van der Waals surface area contributed by atoms with Gasteiger partial charge in [0.05, 0.1) is 11.9 Å². The number of hydrogen-bond donors (Lipinski definition) is 3. The number of aromatic nitrogens is 1. The van der Waals surface area contributed by atoms with Gasteiger partial charge in [-0.25, -0.2) is 0 Å². The molecule has 4 atom stereocenters. The number of carbonyl (C=O) groups is 3. The lowest BCUT2D eigenvalue weighted by atomic mass is 9.91. The van der Waals surface area contributed by atoms with Gasteiger partial charge in [0.15, 0.2) is 6.10 Å². The van der Waals surface area contributed by atoms with E-state index in [1.807, 2.05) is 85.5 Å². The standard InChI is InChI=1S/C32H32N4O4S/c1-20-9-6-7-12-22(20)18-36-31(40)28-32(36,2)41-19-35(28)30(39)27(37)26(17-21-10-4-3-5-11-21)34-29(38)24-13-8-14-25-23(24)15-16-33-25/h3-16,26-28,33,37H,17-19H2,1-2H3,(H,34,38)/t26-,27-,28+,32?/m0/s1. The second-order valence-corrected chi connectivity index (χ2v) is 12.2. The number of H-pyrrole nitrogens is 1. The van der Waals surface area contributed by atoms with Crippen LogP contribution in [0.3, 0.4) is 0 Å². The highest BCUT2D eigenvalue weighted by atomic mass is 32.2. The van der Waals surface area contributed by atoms with Crippen LogP contribution in [-0.2, 0) is 22.6 Å². The van der Waals surface area contributed by atoms with Crippen LogP contribution in [0.15, 0.2) is 85.1 Å². The van der Waals surface area contributed by atoms with Crippen molar-refractivity contribution in [3.8, 4) is 0 Å². The molecule has 2 saturated heterocycles. The van der Waals surface area contributed by atoms with Gasteiger partial charge in [-0.1, -0.05) is 60.7 Å². The van der Waals surface area contributed by atoms with Crippen LogP contribution >= 0.6 is 11.8 Å². The topological polar surface area (TPSA) is 106 Å². The predicted octanol–water partition coefficient (Wildman–Crippen LogP) is 3.84. The molecular formula is C32H32N4O4S. The summed E-state index contributed by atoms with van der Waals surface area (Å²) in [5, 5.41) is 15.1. The zero-order valence-corrected chi connectivity index (χ0v) is 23.7. The first-order valence-electron chi connectivity index (χ1n) is 13.7.